The highest BCUT2D eigenvalue weighted by atomic mass is 35.5. The summed E-state index contributed by atoms with van der Waals surface area (Å²) in [7, 11) is 0. The first-order valence-corrected chi connectivity index (χ1v) is 6.96. The van der Waals surface area contributed by atoms with Gasteiger partial charge in [-0.1, -0.05) is 18.5 Å². The number of carbonyl (C=O) groups excluding carboxylic acids is 1. The molecule has 0 spiro atoms. The number of likely N-dealkylation sites (tertiary alicyclic amines) is 1. The van der Waals surface area contributed by atoms with Gasteiger partial charge in [0.2, 0.25) is 0 Å². The van der Waals surface area contributed by atoms with Crippen molar-refractivity contribution in [3.05, 3.63) is 28.8 Å². The van der Waals surface area contributed by atoms with E-state index in [0.29, 0.717) is 36.0 Å². The van der Waals surface area contributed by atoms with Crippen LogP contribution in [0.2, 0.25) is 5.02 Å². The lowest BCUT2D eigenvalue weighted by atomic mass is 10.1. The molecule has 2 N–H and O–H groups in total. The van der Waals surface area contributed by atoms with Crippen molar-refractivity contribution in [2.45, 2.75) is 25.8 Å². The van der Waals surface area contributed by atoms with Crippen molar-refractivity contribution in [3.8, 4) is 5.75 Å². The molecule has 0 aliphatic carbocycles. The zero-order chi connectivity index (χ0) is 13.8. The van der Waals surface area contributed by atoms with Gasteiger partial charge in [0, 0.05) is 24.2 Å². The standard InChI is InChI=1S/C14H19ClN2O2/c1-2-7-19-13-4-3-10(15)8-12(13)14(18)17-6-5-11(16)9-17/h3-4,8,11H,2,5-7,9,16H2,1H3/t11-/m0/s1. The number of carbonyl (C=O) groups is 1. The number of benzene rings is 1. The quantitative estimate of drug-likeness (QED) is 0.922. The van der Waals surface area contributed by atoms with Gasteiger partial charge in [-0.25, -0.2) is 0 Å². The summed E-state index contributed by atoms with van der Waals surface area (Å²) in [5, 5.41) is 0.538. The Hall–Kier alpha value is -1.26. The number of rotatable bonds is 4. The second kappa shape index (κ2) is 6.26. The second-order valence-corrected chi connectivity index (χ2v) is 5.23. The average Bonchev–Trinajstić information content (AvgIpc) is 2.83. The summed E-state index contributed by atoms with van der Waals surface area (Å²) < 4.78 is 5.61. The molecule has 1 saturated heterocycles. The molecule has 0 aromatic heterocycles. The van der Waals surface area contributed by atoms with E-state index in [0.717, 1.165) is 12.8 Å². The Morgan fingerprint density at radius 3 is 3.00 bits per heavy atom. The summed E-state index contributed by atoms with van der Waals surface area (Å²) in [6, 6.07) is 5.22. The van der Waals surface area contributed by atoms with E-state index in [1.54, 1.807) is 23.1 Å². The molecule has 1 amide bonds. The van der Waals surface area contributed by atoms with E-state index in [2.05, 4.69) is 0 Å². The number of halogens is 1. The summed E-state index contributed by atoms with van der Waals surface area (Å²) >= 11 is 5.98. The molecule has 0 saturated carbocycles. The lowest BCUT2D eigenvalue weighted by Gasteiger charge is -2.18. The van der Waals surface area contributed by atoms with Gasteiger partial charge in [-0.05, 0) is 31.0 Å². The monoisotopic (exact) mass is 282 g/mol. The molecule has 0 bridgehead atoms. The molecule has 0 radical (unpaired) electrons. The fourth-order valence-corrected chi connectivity index (χ4v) is 2.32. The molecule has 1 aliphatic heterocycles. The summed E-state index contributed by atoms with van der Waals surface area (Å²) in [5.41, 5.74) is 6.36. The maximum atomic E-state index is 12.5. The molecule has 1 atom stereocenters. The van der Waals surface area contributed by atoms with Gasteiger partial charge in [0.1, 0.15) is 5.75 Å². The Morgan fingerprint density at radius 2 is 2.37 bits per heavy atom. The number of nitrogens with zero attached hydrogens (tertiary/aromatic N) is 1. The summed E-state index contributed by atoms with van der Waals surface area (Å²) in [6.45, 7) is 3.90. The fraction of sp³-hybridized carbons (Fsp3) is 0.500. The summed E-state index contributed by atoms with van der Waals surface area (Å²) in [5.74, 6) is 0.540. The van der Waals surface area contributed by atoms with E-state index in [-0.39, 0.29) is 11.9 Å². The van der Waals surface area contributed by atoms with Crippen LogP contribution < -0.4 is 10.5 Å². The second-order valence-electron chi connectivity index (χ2n) is 4.79. The Morgan fingerprint density at radius 1 is 1.58 bits per heavy atom. The lowest BCUT2D eigenvalue weighted by molar-refractivity contribution is 0.0786. The smallest absolute Gasteiger partial charge is 0.257 e. The van der Waals surface area contributed by atoms with Crippen molar-refractivity contribution in [2.75, 3.05) is 19.7 Å². The van der Waals surface area contributed by atoms with Crippen LogP contribution in [0.1, 0.15) is 30.1 Å². The van der Waals surface area contributed by atoms with Crippen LogP contribution in [0, 0.1) is 0 Å². The van der Waals surface area contributed by atoms with Gasteiger partial charge >= 0.3 is 0 Å². The van der Waals surface area contributed by atoms with E-state index in [1.807, 2.05) is 6.92 Å². The molecule has 4 nitrogen and oxygen atoms in total. The van der Waals surface area contributed by atoms with Crippen molar-refractivity contribution in [1.82, 2.24) is 4.90 Å². The zero-order valence-electron chi connectivity index (χ0n) is 11.1. The van der Waals surface area contributed by atoms with Gasteiger partial charge in [0.05, 0.1) is 12.2 Å². The van der Waals surface area contributed by atoms with Crippen molar-refractivity contribution < 1.29 is 9.53 Å². The normalized spacial score (nSPS) is 18.7. The van der Waals surface area contributed by atoms with E-state index < -0.39 is 0 Å². The molecule has 104 valence electrons. The first-order valence-electron chi connectivity index (χ1n) is 6.59. The minimum absolute atomic E-state index is 0.0541. The van der Waals surface area contributed by atoms with Crippen LogP contribution in [0.3, 0.4) is 0 Å². The molecule has 1 aliphatic rings. The molecule has 5 heteroatoms. The van der Waals surface area contributed by atoms with Crippen LogP contribution in [0.25, 0.3) is 0 Å². The highest BCUT2D eigenvalue weighted by Crippen LogP contribution is 2.25. The van der Waals surface area contributed by atoms with Gasteiger partial charge in [0.15, 0.2) is 0 Å². The number of hydrogen-bond acceptors (Lipinski definition) is 3. The topological polar surface area (TPSA) is 55.6 Å². The first kappa shape index (κ1) is 14.2. The van der Waals surface area contributed by atoms with Crippen molar-refractivity contribution in [2.24, 2.45) is 5.73 Å². The number of hydrogen-bond donors (Lipinski definition) is 1. The van der Waals surface area contributed by atoms with Crippen LogP contribution >= 0.6 is 11.6 Å². The summed E-state index contributed by atoms with van der Waals surface area (Å²) in [4.78, 5) is 14.2. The average molecular weight is 283 g/mol. The van der Waals surface area contributed by atoms with Crippen molar-refractivity contribution in [3.63, 3.8) is 0 Å². The maximum Gasteiger partial charge on any atom is 0.257 e. The Kier molecular flexibility index (Phi) is 4.66. The highest BCUT2D eigenvalue weighted by Gasteiger charge is 2.26. The SMILES string of the molecule is CCCOc1ccc(Cl)cc1C(=O)N1CC[C@H](N)C1. The van der Waals surface area contributed by atoms with E-state index >= 15 is 0 Å². The van der Waals surface area contributed by atoms with E-state index in [9.17, 15) is 4.79 Å². The van der Waals surface area contributed by atoms with E-state index in [4.69, 9.17) is 22.1 Å². The molecule has 1 aromatic rings. The largest absolute Gasteiger partial charge is 0.493 e. The third-order valence-corrected chi connectivity index (χ3v) is 3.38. The Balaban J connectivity index is 2.21. The third kappa shape index (κ3) is 3.39. The van der Waals surface area contributed by atoms with Crippen molar-refractivity contribution in [1.29, 1.82) is 0 Å². The third-order valence-electron chi connectivity index (χ3n) is 3.15. The number of amides is 1. The molecular formula is C14H19ClN2O2. The molecule has 19 heavy (non-hydrogen) atoms. The van der Waals surface area contributed by atoms with Crippen molar-refractivity contribution >= 4 is 17.5 Å². The molecule has 2 rings (SSSR count). The minimum Gasteiger partial charge on any atom is -0.493 e. The molecule has 0 unspecified atom stereocenters. The molecule has 1 heterocycles. The first-order chi connectivity index (χ1) is 9.11. The van der Waals surface area contributed by atoms with Gasteiger partial charge in [-0.2, -0.15) is 0 Å². The fourth-order valence-electron chi connectivity index (χ4n) is 2.15. The molecular weight excluding hydrogens is 264 g/mol. The zero-order valence-corrected chi connectivity index (χ0v) is 11.8. The van der Waals surface area contributed by atoms with Crippen LogP contribution in [-0.2, 0) is 0 Å². The highest BCUT2D eigenvalue weighted by molar-refractivity contribution is 6.31. The molecule has 1 aromatic carbocycles. The van der Waals surface area contributed by atoms with E-state index in [1.165, 1.54) is 0 Å². The van der Waals surface area contributed by atoms with Crippen LogP contribution in [0.15, 0.2) is 18.2 Å². The predicted octanol–water partition coefficient (Wildman–Crippen LogP) is 2.30. The lowest BCUT2D eigenvalue weighted by Crippen LogP contribution is -2.32. The van der Waals surface area contributed by atoms with Crippen LogP contribution in [0.5, 0.6) is 5.75 Å². The van der Waals surface area contributed by atoms with Gasteiger partial charge < -0.3 is 15.4 Å². The van der Waals surface area contributed by atoms with Gasteiger partial charge in [-0.15, -0.1) is 0 Å². The minimum atomic E-state index is -0.0541. The Bertz CT molecular complexity index is 465. The summed E-state index contributed by atoms with van der Waals surface area (Å²) in [6.07, 6.45) is 1.74. The predicted molar refractivity (Wildman–Crippen MR) is 75.7 cm³/mol. The maximum absolute atomic E-state index is 12.5. The van der Waals surface area contributed by atoms with Crippen LogP contribution in [-0.4, -0.2) is 36.5 Å². The number of ether oxygens (including phenoxy) is 1. The van der Waals surface area contributed by atoms with Crippen LogP contribution in [0.4, 0.5) is 0 Å². The molecule has 1 fully saturated rings. The Labute approximate surface area is 118 Å². The number of nitrogens with two attached hydrogens (primary N) is 1. The van der Waals surface area contributed by atoms with Gasteiger partial charge in [-0.3, -0.25) is 4.79 Å². The van der Waals surface area contributed by atoms with Gasteiger partial charge in [0.25, 0.3) is 5.91 Å².